The molecule has 3 aromatic heterocycles. The number of fused-ring (bicyclic) bond motifs is 4. The van der Waals surface area contributed by atoms with Crippen molar-refractivity contribution >= 4 is 28.8 Å². The number of carboxylic acid groups (broad SMARTS) is 1. The van der Waals surface area contributed by atoms with Crippen molar-refractivity contribution in [3.8, 4) is 11.4 Å². The highest BCUT2D eigenvalue weighted by molar-refractivity contribution is 7.99. The van der Waals surface area contributed by atoms with Crippen molar-refractivity contribution in [1.29, 1.82) is 0 Å². The Bertz CT molecular complexity index is 1270. The van der Waals surface area contributed by atoms with Gasteiger partial charge in [-0.15, -0.1) is 0 Å². The Morgan fingerprint density at radius 3 is 2.54 bits per heavy atom. The zero-order valence-corrected chi connectivity index (χ0v) is 19.1. The fourth-order valence-corrected chi connectivity index (χ4v) is 6.31. The molecule has 3 heterocycles. The lowest BCUT2D eigenvalue weighted by Gasteiger charge is -2.46. The number of nitrogens with one attached hydrogen (secondary N) is 1. The van der Waals surface area contributed by atoms with Gasteiger partial charge in [-0.1, -0.05) is 11.8 Å². The largest absolute Gasteiger partial charge is 0.481 e. The minimum absolute atomic E-state index is 0.00592. The fraction of sp³-hybridized carbons (Fsp3) is 0.478. The molecule has 3 fully saturated rings. The summed E-state index contributed by atoms with van der Waals surface area (Å²) < 4.78 is 68.0. The van der Waals surface area contributed by atoms with Gasteiger partial charge in [0, 0.05) is 17.1 Å². The predicted octanol–water partition coefficient (Wildman–Crippen LogP) is 5.63. The first-order valence-electron chi connectivity index (χ1n) is 11.2. The van der Waals surface area contributed by atoms with E-state index in [0.29, 0.717) is 11.0 Å². The smallest absolute Gasteiger partial charge is 0.398 e. The molecule has 3 aliphatic carbocycles. The van der Waals surface area contributed by atoms with E-state index < -0.39 is 40.5 Å². The highest BCUT2D eigenvalue weighted by atomic mass is 32.2. The molecule has 0 amide bonds. The molecule has 3 saturated carbocycles. The molecule has 3 aliphatic rings. The van der Waals surface area contributed by atoms with Crippen LogP contribution in [0, 0.1) is 35.3 Å². The summed E-state index contributed by atoms with van der Waals surface area (Å²) in [5, 5.41) is 9.68. The van der Waals surface area contributed by atoms with Gasteiger partial charge in [-0.3, -0.25) is 4.79 Å². The zero-order chi connectivity index (χ0) is 24.9. The Hall–Kier alpha value is -2.76. The van der Waals surface area contributed by atoms with Crippen LogP contribution in [0.1, 0.15) is 31.4 Å². The lowest BCUT2D eigenvalue weighted by atomic mass is 9.57. The van der Waals surface area contributed by atoms with Gasteiger partial charge in [-0.2, -0.15) is 13.2 Å². The molecule has 6 nitrogen and oxygen atoms in total. The molecule has 3 aromatic rings. The number of aliphatic carboxylic acids is 1. The Labute approximate surface area is 200 Å². The number of halogens is 5. The second kappa shape index (κ2) is 9.03. The maximum Gasteiger partial charge on any atom is 0.398 e. The van der Waals surface area contributed by atoms with Crippen LogP contribution in [0.2, 0.25) is 0 Å². The van der Waals surface area contributed by atoms with Gasteiger partial charge in [0.15, 0.2) is 11.6 Å². The summed E-state index contributed by atoms with van der Waals surface area (Å²) in [5.74, 6) is -4.92. The van der Waals surface area contributed by atoms with E-state index in [0.717, 1.165) is 31.9 Å². The highest BCUT2D eigenvalue weighted by Crippen LogP contribution is 2.50. The van der Waals surface area contributed by atoms with E-state index in [1.165, 1.54) is 12.3 Å². The third kappa shape index (κ3) is 4.72. The average Bonchev–Trinajstić information content (AvgIpc) is 3.22. The Kier molecular flexibility index (Phi) is 6.18. The molecular formula is C23H21F5N4O2S. The van der Waals surface area contributed by atoms with E-state index in [4.69, 9.17) is 0 Å². The quantitative estimate of drug-likeness (QED) is 0.253. The van der Waals surface area contributed by atoms with Gasteiger partial charge in [0.1, 0.15) is 16.5 Å². The molecule has 186 valence electrons. The number of alkyl halides is 3. The minimum atomic E-state index is -4.55. The summed E-state index contributed by atoms with van der Waals surface area (Å²) in [5.41, 5.74) is 0.458. The van der Waals surface area contributed by atoms with E-state index in [-0.39, 0.29) is 53.0 Å². The number of H-pyrrole nitrogens is 1. The molecule has 12 heteroatoms. The number of carboxylic acids is 1. The first-order chi connectivity index (χ1) is 16.6. The van der Waals surface area contributed by atoms with Crippen LogP contribution in [-0.4, -0.2) is 42.9 Å². The van der Waals surface area contributed by atoms with Crippen LogP contribution in [0.4, 0.5) is 22.0 Å². The number of aromatic nitrogens is 4. The van der Waals surface area contributed by atoms with Crippen molar-refractivity contribution in [2.75, 3.05) is 5.75 Å². The molecule has 6 rings (SSSR count). The lowest BCUT2D eigenvalue weighted by molar-refractivity contribution is -0.152. The van der Waals surface area contributed by atoms with E-state index in [1.54, 1.807) is 0 Å². The third-order valence-corrected chi connectivity index (χ3v) is 8.12. The summed E-state index contributed by atoms with van der Waals surface area (Å²) in [6.07, 6.45) is 1.15. The SMILES string of the molecule is O=C(O)[C@H]1C2CCC(CC2)[C@@H]1Cc1nc(-c2c[nH]c3ncc(F)cc23)nc(SCC(F)(F)F)c1F. The molecule has 0 unspecified atom stereocenters. The van der Waals surface area contributed by atoms with Crippen molar-refractivity contribution in [2.24, 2.45) is 23.7 Å². The van der Waals surface area contributed by atoms with Crippen LogP contribution in [0.3, 0.4) is 0 Å². The number of carbonyl (C=O) groups is 1. The van der Waals surface area contributed by atoms with Gasteiger partial charge in [-0.25, -0.2) is 23.7 Å². The second-order valence-corrected chi connectivity index (χ2v) is 10.1. The number of hydrogen-bond donors (Lipinski definition) is 2. The fourth-order valence-electron chi connectivity index (χ4n) is 5.61. The van der Waals surface area contributed by atoms with Gasteiger partial charge in [0.2, 0.25) is 0 Å². The monoisotopic (exact) mass is 512 g/mol. The lowest BCUT2D eigenvalue weighted by Crippen LogP contribution is -2.45. The van der Waals surface area contributed by atoms with Crippen LogP contribution >= 0.6 is 11.8 Å². The third-order valence-electron chi connectivity index (χ3n) is 7.11. The van der Waals surface area contributed by atoms with Crippen LogP contribution in [0.25, 0.3) is 22.4 Å². The number of aromatic amines is 1. The molecule has 35 heavy (non-hydrogen) atoms. The predicted molar refractivity (Wildman–Crippen MR) is 118 cm³/mol. The molecular weight excluding hydrogens is 491 g/mol. The van der Waals surface area contributed by atoms with Gasteiger partial charge >= 0.3 is 12.1 Å². The topological polar surface area (TPSA) is 91.8 Å². The summed E-state index contributed by atoms with van der Waals surface area (Å²) in [6.45, 7) is 0. The molecule has 2 atom stereocenters. The Morgan fingerprint density at radius 2 is 1.86 bits per heavy atom. The van der Waals surface area contributed by atoms with Crippen LogP contribution in [0.15, 0.2) is 23.5 Å². The first-order valence-corrected chi connectivity index (χ1v) is 12.2. The number of thioether (sulfide) groups is 1. The average molecular weight is 513 g/mol. The molecule has 0 aromatic carbocycles. The highest BCUT2D eigenvalue weighted by Gasteiger charge is 2.47. The van der Waals surface area contributed by atoms with Crippen molar-refractivity contribution in [2.45, 2.75) is 43.3 Å². The summed E-state index contributed by atoms with van der Waals surface area (Å²) in [7, 11) is 0. The second-order valence-electron chi connectivity index (χ2n) is 9.18. The van der Waals surface area contributed by atoms with Crippen molar-refractivity contribution < 1.29 is 31.9 Å². The number of rotatable bonds is 6. The van der Waals surface area contributed by atoms with E-state index in [9.17, 15) is 27.5 Å². The minimum Gasteiger partial charge on any atom is -0.481 e. The Morgan fingerprint density at radius 1 is 1.14 bits per heavy atom. The number of hydrogen-bond acceptors (Lipinski definition) is 5. The van der Waals surface area contributed by atoms with Gasteiger partial charge in [0.25, 0.3) is 0 Å². The molecule has 0 spiro atoms. The summed E-state index contributed by atoms with van der Waals surface area (Å²) >= 11 is 0.205. The molecule has 2 bridgehead atoms. The first kappa shape index (κ1) is 24.0. The molecule has 0 saturated heterocycles. The van der Waals surface area contributed by atoms with E-state index >= 15 is 4.39 Å². The van der Waals surface area contributed by atoms with Crippen LogP contribution in [0.5, 0.6) is 0 Å². The maximum atomic E-state index is 15.4. The van der Waals surface area contributed by atoms with Crippen molar-refractivity contribution in [3.05, 3.63) is 35.8 Å². The van der Waals surface area contributed by atoms with Crippen molar-refractivity contribution in [3.63, 3.8) is 0 Å². The maximum absolute atomic E-state index is 15.4. The normalized spacial score (nSPS) is 24.3. The number of pyridine rings is 1. The summed E-state index contributed by atoms with van der Waals surface area (Å²) in [4.78, 5) is 27.2. The van der Waals surface area contributed by atoms with Crippen LogP contribution < -0.4 is 0 Å². The van der Waals surface area contributed by atoms with Gasteiger partial charge in [0.05, 0.1) is 23.6 Å². The van der Waals surface area contributed by atoms with Gasteiger partial charge < -0.3 is 10.1 Å². The van der Waals surface area contributed by atoms with E-state index in [1.807, 2.05) is 0 Å². The van der Waals surface area contributed by atoms with E-state index in [2.05, 4.69) is 19.9 Å². The molecule has 0 radical (unpaired) electrons. The Balaban J connectivity index is 1.58. The number of nitrogens with zero attached hydrogens (tertiary/aromatic N) is 3. The van der Waals surface area contributed by atoms with Crippen LogP contribution in [-0.2, 0) is 11.2 Å². The standard InChI is InChI=1S/C23H21F5N4O2S/c24-12-5-14-15(8-30-19(14)29-7-12)20-31-16(18(25)21(32-20)35-9-23(26,27)28)6-13-10-1-3-11(4-2-10)17(13)22(33)34/h5,7-8,10-11,13,17H,1-4,6,9H2,(H,29,30)(H,33,34)/t10?,11?,13-,17-/m0/s1. The van der Waals surface area contributed by atoms with Crippen molar-refractivity contribution in [1.82, 2.24) is 19.9 Å². The van der Waals surface area contributed by atoms with Gasteiger partial charge in [-0.05, 0) is 55.9 Å². The molecule has 2 N–H and O–H groups in total. The molecule has 0 aliphatic heterocycles. The zero-order valence-electron chi connectivity index (χ0n) is 18.3. The summed E-state index contributed by atoms with van der Waals surface area (Å²) in [6, 6.07) is 1.18.